The molecule has 0 aliphatic carbocycles. The summed E-state index contributed by atoms with van der Waals surface area (Å²) >= 11 is 5.90. The van der Waals surface area contributed by atoms with Crippen LogP contribution in [-0.4, -0.2) is 10.1 Å². The number of benzene rings is 1. The lowest BCUT2D eigenvalue weighted by molar-refractivity contribution is 0.476. The summed E-state index contributed by atoms with van der Waals surface area (Å²) in [7, 11) is 0. The van der Waals surface area contributed by atoms with Gasteiger partial charge in [0.25, 0.3) is 0 Å². The second kappa shape index (κ2) is 2.89. The number of aromatic nitrogens is 1. The molecule has 2 aromatic rings. The fourth-order valence-corrected chi connectivity index (χ4v) is 1.44. The Hall–Kier alpha value is -1.28. The number of fused-ring (bicyclic) bond motifs is 1. The fraction of sp³-hybridized carbons (Fsp3) is 0.100. The van der Waals surface area contributed by atoms with Gasteiger partial charge in [0.1, 0.15) is 5.75 Å². The van der Waals surface area contributed by atoms with Crippen molar-refractivity contribution in [1.29, 1.82) is 0 Å². The molecule has 1 aromatic carbocycles. The van der Waals surface area contributed by atoms with Crippen molar-refractivity contribution in [3.63, 3.8) is 0 Å². The van der Waals surface area contributed by atoms with E-state index < -0.39 is 0 Å². The van der Waals surface area contributed by atoms with Crippen molar-refractivity contribution >= 4 is 22.5 Å². The number of phenols is 1. The second-order valence-corrected chi connectivity index (χ2v) is 3.34. The Labute approximate surface area is 80.8 Å². The number of aromatic hydroxyl groups is 1. The number of hydrogen-bond acceptors (Lipinski definition) is 2. The predicted octanol–water partition coefficient (Wildman–Crippen LogP) is 2.90. The highest BCUT2D eigenvalue weighted by atomic mass is 35.5. The third kappa shape index (κ3) is 1.33. The van der Waals surface area contributed by atoms with E-state index in [9.17, 15) is 5.11 Å². The topological polar surface area (TPSA) is 33.1 Å². The maximum atomic E-state index is 9.27. The van der Waals surface area contributed by atoms with Gasteiger partial charge in [-0.25, -0.2) is 0 Å². The summed E-state index contributed by atoms with van der Waals surface area (Å²) < 4.78 is 0. The van der Waals surface area contributed by atoms with Crippen molar-refractivity contribution in [2.45, 2.75) is 6.92 Å². The maximum absolute atomic E-state index is 9.27. The van der Waals surface area contributed by atoms with Crippen LogP contribution in [0, 0.1) is 6.92 Å². The molecule has 0 aliphatic heterocycles. The molecule has 0 unspecified atom stereocenters. The summed E-state index contributed by atoms with van der Waals surface area (Å²) in [5.41, 5.74) is 1.79. The zero-order valence-electron chi connectivity index (χ0n) is 7.08. The van der Waals surface area contributed by atoms with E-state index in [2.05, 4.69) is 4.98 Å². The first-order chi connectivity index (χ1) is 6.18. The number of hydrogen-bond donors (Lipinski definition) is 1. The quantitative estimate of drug-likeness (QED) is 0.698. The molecule has 66 valence electrons. The number of phenolic OH excluding ortho intramolecular Hbond substituents is 1. The van der Waals surface area contributed by atoms with E-state index in [0.29, 0.717) is 5.02 Å². The van der Waals surface area contributed by atoms with E-state index in [1.54, 1.807) is 24.4 Å². The Kier molecular flexibility index (Phi) is 1.85. The Balaban J connectivity index is 2.89. The van der Waals surface area contributed by atoms with Gasteiger partial charge in [0.05, 0.1) is 10.5 Å². The first-order valence-electron chi connectivity index (χ1n) is 3.92. The van der Waals surface area contributed by atoms with Crippen LogP contribution >= 0.6 is 11.6 Å². The molecular formula is C10H8ClNO. The molecule has 1 aromatic heterocycles. The maximum Gasteiger partial charge on any atom is 0.116 e. The third-order valence-electron chi connectivity index (χ3n) is 2.06. The van der Waals surface area contributed by atoms with Crippen LogP contribution in [0.15, 0.2) is 24.4 Å². The number of aryl methyl sites for hydroxylation is 1. The van der Waals surface area contributed by atoms with Crippen LogP contribution in [-0.2, 0) is 0 Å². The average molecular weight is 194 g/mol. The third-order valence-corrected chi connectivity index (χ3v) is 2.44. The van der Waals surface area contributed by atoms with E-state index in [0.717, 1.165) is 16.5 Å². The van der Waals surface area contributed by atoms with Crippen LogP contribution in [0.4, 0.5) is 0 Å². The molecule has 2 nitrogen and oxygen atoms in total. The average Bonchev–Trinajstić information content (AvgIpc) is 2.12. The Morgan fingerprint density at radius 3 is 2.92 bits per heavy atom. The lowest BCUT2D eigenvalue weighted by Gasteiger charge is -2.03. The van der Waals surface area contributed by atoms with Gasteiger partial charge in [0.15, 0.2) is 0 Å². The highest BCUT2D eigenvalue weighted by molar-refractivity contribution is 6.32. The first kappa shape index (κ1) is 8.32. The van der Waals surface area contributed by atoms with E-state index in [4.69, 9.17) is 11.6 Å². The predicted molar refractivity (Wildman–Crippen MR) is 53.2 cm³/mol. The number of pyridine rings is 1. The summed E-state index contributed by atoms with van der Waals surface area (Å²) in [5, 5.41) is 10.8. The van der Waals surface area contributed by atoms with E-state index in [1.807, 2.05) is 6.92 Å². The fourth-order valence-electron chi connectivity index (χ4n) is 1.29. The van der Waals surface area contributed by atoms with Gasteiger partial charge < -0.3 is 5.11 Å². The molecule has 0 aliphatic rings. The summed E-state index contributed by atoms with van der Waals surface area (Å²) in [6.07, 6.45) is 1.62. The molecule has 3 heteroatoms. The van der Waals surface area contributed by atoms with Crippen molar-refractivity contribution in [3.8, 4) is 5.75 Å². The van der Waals surface area contributed by atoms with Gasteiger partial charge in [0, 0.05) is 11.6 Å². The first-order valence-corrected chi connectivity index (χ1v) is 4.30. The van der Waals surface area contributed by atoms with Crippen LogP contribution in [0.25, 0.3) is 10.9 Å². The lowest BCUT2D eigenvalue weighted by atomic mass is 10.1. The standard InChI is InChI=1S/C10H8ClNO/c1-6-8-4-7(13)2-3-10(8)12-5-9(6)11/h2-5,13H,1H3. The summed E-state index contributed by atoms with van der Waals surface area (Å²) in [6, 6.07) is 5.06. The molecule has 1 heterocycles. The molecule has 0 atom stereocenters. The molecule has 0 amide bonds. The van der Waals surface area contributed by atoms with Crippen LogP contribution in [0.2, 0.25) is 5.02 Å². The van der Waals surface area contributed by atoms with E-state index in [-0.39, 0.29) is 5.75 Å². The van der Waals surface area contributed by atoms with E-state index in [1.165, 1.54) is 0 Å². The molecule has 13 heavy (non-hydrogen) atoms. The van der Waals surface area contributed by atoms with Gasteiger partial charge in [-0.3, -0.25) is 4.98 Å². The number of rotatable bonds is 0. The molecule has 2 rings (SSSR count). The number of nitrogens with zero attached hydrogens (tertiary/aromatic N) is 1. The monoisotopic (exact) mass is 193 g/mol. The molecular weight excluding hydrogens is 186 g/mol. The highest BCUT2D eigenvalue weighted by Crippen LogP contribution is 2.25. The van der Waals surface area contributed by atoms with Crippen molar-refractivity contribution in [1.82, 2.24) is 4.98 Å². The van der Waals surface area contributed by atoms with Crippen LogP contribution in [0.5, 0.6) is 5.75 Å². The van der Waals surface area contributed by atoms with Crippen molar-refractivity contribution < 1.29 is 5.11 Å². The SMILES string of the molecule is Cc1c(Cl)cnc2ccc(O)cc12. The van der Waals surface area contributed by atoms with Gasteiger partial charge >= 0.3 is 0 Å². The Morgan fingerprint density at radius 2 is 2.15 bits per heavy atom. The van der Waals surface area contributed by atoms with Crippen LogP contribution in [0.1, 0.15) is 5.56 Å². The molecule has 0 saturated carbocycles. The van der Waals surface area contributed by atoms with E-state index >= 15 is 0 Å². The van der Waals surface area contributed by atoms with Crippen LogP contribution < -0.4 is 0 Å². The Bertz CT molecular complexity index is 462. The summed E-state index contributed by atoms with van der Waals surface area (Å²) in [4.78, 5) is 4.14. The minimum Gasteiger partial charge on any atom is -0.508 e. The van der Waals surface area contributed by atoms with Crippen molar-refractivity contribution in [2.24, 2.45) is 0 Å². The molecule has 0 saturated heterocycles. The molecule has 0 radical (unpaired) electrons. The second-order valence-electron chi connectivity index (χ2n) is 2.93. The van der Waals surface area contributed by atoms with Gasteiger partial charge in [-0.05, 0) is 30.7 Å². The molecule has 0 fully saturated rings. The van der Waals surface area contributed by atoms with Crippen LogP contribution in [0.3, 0.4) is 0 Å². The molecule has 0 bridgehead atoms. The highest BCUT2D eigenvalue weighted by Gasteiger charge is 2.02. The summed E-state index contributed by atoms with van der Waals surface area (Å²) in [6.45, 7) is 1.91. The normalized spacial score (nSPS) is 10.6. The zero-order valence-corrected chi connectivity index (χ0v) is 7.84. The minimum absolute atomic E-state index is 0.236. The Morgan fingerprint density at radius 1 is 1.38 bits per heavy atom. The van der Waals surface area contributed by atoms with Crippen molar-refractivity contribution in [3.05, 3.63) is 35.0 Å². The molecule has 1 N–H and O–H groups in total. The summed E-state index contributed by atoms with van der Waals surface area (Å²) in [5.74, 6) is 0.236. The zero-order chi connectivity index (χ0) is 9.42. The van der Waals surface area contributed by atoms with Gasteiger partial charge in [-0.1, -0.05) is 11.6 Å². The molecule has 0 spiro atoms. The van der Waals surface area contributed by atoms with Crippen molar-refractivity contribution in [2.75, 3.05) is 0 Å². The lowest BCUT2D eigenvalue weighted by Crippen LogP contribution is -1.83. The van der Waals surface area contributed by atoms with Gasteiger partial charge in [-0.15, -0.1) is 0 Å². The van der Waals surface area contributed by atoms with Gasteiger partial charge in [0.2, 0.25) is 0 Å². The minimum atomic E-state index is 0.236. The number of halogens is 1. The van der Waals surface area contributed by atoms with Gasteiger partial charge in [-0.2, -0.15) is 0 Å². The largest absolute Gasteiger partial charge is 0.508 e. The smallest absolute Gasteiger partial charge is 0.116 e.